The molecule has 0 spiro atoms. The van der Waals surface area contributed by atoms with E-state index >= 15 is 0 Å². The van der Waals surface area contributed by atoms with E-state index in [1.165, 1.54) is 17.2 Å². The number of nitrogens with zero attached hydrogens (tertiary/aromatic N) is 4. The number of carbonyl (C=O) groups excluding carboxylic acids is 4. The molecule has 3 rings (SSSR count). The van der Waals surface area contributed by atoms with E-state index in [0.717, 1.165) is 6.21 Å². The van der Waals surface area contributed by atoms with Gasteiger partial charge in [-0.15, -0.1) is 10.2 Å². The predicted molar refractivity (Wildman–Crippen MR) is 156 cm³/mol. The van der Waals surface area contributed by atoms with Gasteiger partial charge in [0.1, 0.15) is 19.4 Å². The number of ether oxygens (including phenoxy) is 4. The van der Waals surface area contributed by atoms with Crippen molar-refractivity contribution in [3.63, 3.8) is 0 Å². The molecule has 12 heteroatoms. The zero-order valence-electron chi connectivity index (χ0n) is 23.9. The fourth-order valence-electron chi connectivity index (χ4n) is 4.01. The van der Waals surface area contributed by atoms with E-state index in [9.17, 15) is 19.2 Å². The minimum absolute atomic E-state index is 0.0474. The minimum Gasteiger partial charge on any atom is -0.462 e. The van der Waals surface area contributed by atoms with Gasteiger partial charge in [-0.1, -0.05) is 24.3 Å². The van der Waals surface area contributed by atoms with E-state index in [1.807, 2.05) is 6.92 Å². The Kier molecular flexibility index (Phi) is 11.8. The lowest BCUT2D eigenvalue weighted by Gasteiger charge is -2.25. The van der Waals surface area contributed by atoms with Gasteiger partial charge in [-0.05, 0) is 39.8 Å². The Bertz CT molecular complexity index is 1360. The van der Waals surface area contributed by atoms with Crippen LogP contribution in [0.5, 0.6) is 0 Å². The van der Waals surface area contributed by atoms with Gasteiger partial charge in [-0.25, -0.2) is 19.2 Å². The Morgan fingerprint density at radius 1 is 1.02 bits per heavy atom. The molecule has 0 bridgehead atoms. The molecular formula is C30H33N4O8+. The van der Waals surface area contributed by atoms with Gasteiger partial charge in [0.15, 0.2) is 11.3 Å². The summed E-state index contributed by atoms with van der Waals surface area (Å²) < 4.78 is 20.9. The van der Waals surface area contributed by atoms with Crippen LogP contribution in [0, 0.1) is 12.3 Å². The third-order valence-electron chi connectivity index (χ3n) is 6.07. The van der Waals surface area contributed by atoms with Gasteiger partial charge < -0.3 is 18.9 Å². The largest absolute Gasteiger partial charge is 0.462 e. The van der Waals surface area contributed by atoms with Crippen LogP contribution in [0.3, 0.4) is 0 Å². The van der Waals surface area contributed by atoms with Crippen LogP contribution in [0.2, 0.25) is 0 Å². The summed E-state index contributed by atoms with van der Waals surface area (Å²) in [6, 6.07) is 6.24. The number of rotatable bonds is 12. The lowest BCUT2D eigenvalue weighted by atomic mass is 9.97. The second-order valence-corrected chi connectivity index (χ2v) is 8.79. The van der Waals surface area contributed by atoms with E-state index in [0.29, 0.717) is 5.69 Å². The number of benzene rings is 1. The SMILES string of the molecule is C/C=C/COC(=O)c1ccccc1N1N=C(C(=O)OCC)[C@@H](COC(=O)C2=C[CH+]C=C/C2=N\N=CC(=O)OCC)[C@@H]1C. The first kappa shape index (κ1) is 31.5. The van der Waals surface area contributed by atoms with E-state index in [-0.39, 0.29) is 49.0 Å². The lowest BCUT2D eigenvalue weighted by Crippen LogP contribution is -2.37. The molecule has 0 amide bonds. The van der Waals surface area contributed by atoms with E-state index < -0.39 is 35.8 Å². The standard InChI is InChI=1S/C30H33N4O8/c1-5-8-17-41-29(37)22-14-10-12-16-25(22)34-20(4)23(27(33-34)30(38)40-7-3)19-42-28(36)21-13-9-11-15-24(21)32-31-18-26(35)39-6-2/h5,8-16,18,20,23H,6-7,17,19H2,1-4H3/q+1/b8-5+,31-18?,32-24+/t20-,23-/m0/s1. The molecule has 0 saturated heterocycles. The monoisotopic (exact) mass is 577 g/mol. The Labute approximate surface area is 244 Å². The highest BCUT2D eigenvalue weighted by atomic mass is 16.5. The van der Waals surface area contributed by atoms with Crippen molar-refractivity contribution in [3.05, 3.63) is 72.2 Å². The smallest absolute Gasteiger partial charge is 0.398 e. The Balaban J connectivity index is 1.81. The number of hydrogen-bond acceptors (Lipinski definition) is 12. The molecule has 0 N–H and O–H groups in total. The van der Waals surface area contributed by atoms with Crippen LogP contribution >= 0.6 is 0 Å². The van der Waals surface area contributed by atoms with Gasteiger partial charge in [-0.2, -0.15) is 5.10 Å². The van der Waals surface area contributed by atoms with E-state index in [2.05, 4.69) is 15.3 Å². The summed E-state index contributed by atoms with van der Waals surface area (Å²) in [5, 5.41) is 13.6. The third kappa shape index (κ3) is 8.03. The van der Waals surface area contributed by atoms with Crippen LogP contribution in [0.15, 0.2) is 75.5 Å². The number of para-hydroxylation sites is 1. The quantitative estimate of drug-likeness (QED) is 0.0911. The summed E-state index contributed by atoms with van der Waals surface area (Å²) in [6.07, 6.45) is 10.7. The topological polar surface area (TPSA) is 146 Å². The molecule has 0 fully saturated rings. The van der Waals surface area contributed by atoms with Crippen molar-refractivity contribution >= 4 is 47.2 Å². The summed E-state index contributed by atoms with van der Waals surface area (Å²) >= 11 is 0. The summed E-state index contributed by atoms with van der Waals surface area (Å²) in [5.74, 6) is -3.29. The number of allylic oxidation sites excluding steroid dienone is 4. The summed E-state index contributed by atoms with van der Waals surface area (Å²) in [6.45, 7) is 7.14. The average molecular weight is 578 g/mol. The maximum atomic E-state index is 13.1. The summed E-state index contributed by atoms with van der Waals surface area (Å²) in [7, 11) is 0. The lowest BCUT2D eigenvalue weighted by molar-refractivity contribution is -0.140. The van der Waals surface area contributed by atoms with E-state index in [4.69, 9.17) is 18.9 Å². The summed E-state index contributed by atoms with van der Waals surface area (Å²) in [5.41, 5.74) is 1.01. The molecule has 0 radical (unpaired) electrons. The van der Waals surface area contributed by atoms with Crippen molar-refractivity contribution in [1.29, 1.82) is 0 Å². The maximum Gasteiger partial charge on any atom is 0.398 e. The number of esters is 4. The molecule has 2 aliphatic rings. The van der Waals surface area contributed by atoms with Crippen LogP contribution in [-0.4, -0.2) is 74.0 Å². The van der Waals surface area contributed by atoms with Gasteiger partial charge in [0, 0.05) is 6.42 Å². The molecule has 0 saturated carbocycles. The highest BCUT2D eigenvalue weighted by molar-refractivity contribution is 6.38. The van der Waals surface area contributed by atoms with Gasteiger partial charge in [0.2, 0.25) is 5.71 Å². The van der Waals surface area contributed by atoms with Crippen molar-refractivity contribution in [2.75, 3.05) is 31.4 Å². The van der Waals surface area contributed by atoms with Gasteiger partial charge >= 0.3 is 23.9 Å². The second-order valence-electron chi connectivity index (χ2n) is 8.79. The van der Waals surface area contributed by atoms with Crippen LogP contribution in [0.25, 0.3) is 0 Å². The number of hydrogen-bond donors (Lipinski definition) is 0. The van der Waals surface area contributed by atoms with Crippen LogP contribution in [0.4, 0.5) is 5.69 Å². The van der Waals surface area contributed by atoms with Crippen molar-refractivity contribution in [2.45, 2.75) is 33.7 Å². The molecule has 1 aromatic rings. The Morgan fingerprint density at radius 2 is 1.79 bits per heavy atom. The van der Waals surface area contributed by atoms with Gasteiger partial charge in [0.25, 0.3) is 0 Å². The maximum absolute atomic E-state index is 13.1. The minimum atomic E-state index is -0.720. The van der Waals surface area contributed by atoms with Crippen molar-refractivity contribution in [2.24, 2.45) is 21.2 Å². The molecule has 1 aromatic carbocycles. The Hall–Kier alpha value is -5.00. The summed E-state index contributed by atoms with van der Waals surface area (Å²) in [4.78, 5) is 50.3. The number of carbonyl (C=O) groups is 4. The molecule has 1 aliphatic heterocycles. The second kappa shape index (κ2) is 15.7. The molecule has 42 heavy (non-hydrogen) atoms. The Morgan fingerprint density at radius 3 is 2.52 bits per heavy atom. The molecule has 0 unspecified atom stereocenters. The highest BCUT2D eigenvalue weighted by Crippen LogP contribution is 2.32. The highest BCUT2D eigenvalue weighted by Gasteiger charge is 2.42. The molecule has 2 atom stereocenters. The molecule has 0 aromatic heterocycles. The normalized spacial score (nSPS) is 19.0. The number of anilines is 1. The van der Waals surface area contributed by atoms with Crippen LogP contribution in [-0.2, 0) is 33.3 Å². The zero-order chi connectivity index (χ0) is 30.5. The predicted octanol–water partition coefficient (Wildman–Crippen LogP) is 3.40. The third-order valence-corrected chi connectivity index (χ3v) is 6.07. The molecule has 12 nitrogen and oxygen atoms in total. The average Bonchev–Trinajstić information content (AvgIpc) is 3.32. The first-order chi connectivity index (χ1) is 20.3. The molecule has 220 valence electrons. The van der Waals surface area contributed by atoms with Gasteiger partial charge in [0.05, 0.1) is 54.7 Å². The number of hydrazone groups is 1. The van der Waals surface area contributed by atoms with Crippen molar-refractivity contribution in [1.82, 2.24) is 0 Å². The van der Waals surface area contributed by atoms with Gasteiger partial charge in [-0.3, -0.25) is 5.01 Å². The van der Waals surface area contributed by atoms with E-state index in [1.54, 1.807) is 69.7 Å². The van der Waals surface area contributed by atoms with Crippen molar-refractivity contribution < 1.29 is 38.1 Å². The zero-order valence-corrected chi connectivity index (χ0v) is 23.9. The first-order valence-corrected chi connectivity index (χ1v) is 13.4. The van der Waals surface area contributed by atoms with Crippen LogP contribution in [0.1, 0.15) is 38.1 Å². The molecule has 1 heterocycles. The fourth-order valence-corrected chi connectivity index (χ4v) is 4.01. The van der Waals surface area contributed by atoms with Crippen molar-refractivity contribution in [3.8, 4) is 0 Å². The van der Waals surface area contributed by atoms with Crippen LogP contribution < -0.4 is 5.01 Å². The fraction of sp³-hybridized carbons (Fsp3) is 0.333. The molecule has 1 aliphatic carbocycles. The first-order valence-electron chi connectivity index (χ1n) is 13.4. The molecular weight excluding hydrogens is 544 g/mol.